The number of nitrogens with two attached hydrogens (primary N) is 1. The predicted octanol–water partition coefficient (Wildman–Crippen LogP) is 5.85. The normalized spacial score (nSPS) is 14.0. The van der Waals surface area contributed by atoms with Crippen LogP contribution < -0.4 is 10.5 Å². The summed E-state index contributed by atoms with van der Waals surface area (Å²) >= 11 is 0. The van der Waals surface area contributed by atoms with Gasteiger partial charge in [0.15, 0.2) is 0 Å². The van der Waals surface area contributed by atoms with E-state index in [2.05, 4.69) is 0 Å². The summed E-state index contributed by atoms with van der Waals surface area (Å²) in [7, 11) is 0. The Morgan fingerprint density at radius 3 is 1.78 bits per heavy atom. The van der Waals surface area contributed by atoms with Gasteiger partial charge in [0.05, 0.1) is 6.04 Å². The highest BCUT2D eigenvalue weighted by atomic mass is 16.6. The standard InChI is InChI=1S/C33H28N2O6/c34-30(36)18-17-27(32(37)38)35(31-24-13-5-7-15-28(24)41-29-16-8-6-14-25(29)31)33(39)40-19-26-22-11-3-1-9-20(22)21-10-2-4-12-23(21)26/h1-16,26-27,31H,17-19H2,(H2,34,36)(H,37,38)/t27-/m0/s1. The Balaban J connectivity index is 1.40. The second-order valence-electron chi connectivity index (χ2n) is 10.2. The summed E-state index contributed by atoms with van der Waals surface area (Å²) in [6.45, 7) is 0.0119. The summed E-state index contributed by atoms with van der Waals surface area (Å²) in [6, 6.07) is 28.1. The van der Waals surface area contributed by atoms with Crippen LogP contribution in [0.3, 0.4) is 0 Å². The zero-order valence-corrected chi connectivity index (χ0v) is 22.1. The van der Waals surface area contributed by atoms with E-state index in [9.17, 15) is 19.5 Å². The average molecular weight is 549 g/mol. The molecule has 206 valence electrons. The molecule has 8 heteroatoms. The first-order chi connectivity index (χ1) is 19.9. The van der Waals surface area contributed by atoms with Crippen molar-refractivity contribution in [3.05, 3.63) is 119 Å². The van der Waals surface area contributed by atoms with Crippen molar-refractivity contribution >= 4 is 18.0 Å². The van der Waals surface area contributed by atoms with Crippen LogP contribution in [0.15, 0.2) is 97.1 Å². The van der Waals surface area contributed by atoms with Crippen LogP contribution in [0.25, 0.3) is 11.1 Å². The fourth-order valence-electron chi connectivity index (χ4n) is 5.93. The average Bonchev–Trinajstić information content (AvgIpc) is 3.30. The minimum absolute atomic E-state index is 0.0119. The third-order valence-corrected chi connectivity index (χ3v) is 7.76. The van der Waals surface area contributed by atoms with Gasteiger partial charge in [-0.05, 0) is 40.8 Å². The van der Waals surface area contributed by atoms with E-state index in [-0.39, 0.29) is 25.4 Å². The van der Waals surface area contributed by atoms with Crippen molar-refractivity contribution < 1.29 is 29.0 Å². The van der Waals surface area contributed by atoms with Crippen LogP contribution in [0, 0.1) is 0 Å². The van der Waals surface area contributed by atoms with E-state index in [1.807, 2.05) is 60.7 Å². The quantitative estimate of drug-likeness (QED) is 0.285. The van der Waals surface area contributed by atoms with Crippen LogP contribution in [0.1, 0.15) is 47.1 Å². The fourth-order valence-corrected chi connectivity index (χ4v) is 5.93. The predicted molar refractivity (Wildman–Crippen MR) is 152 cm³/mol. The van der Waals surface area contributed by atoms with Crippen molar-refractivity contribution in [3.8, 4) is 22.6 Å². The molecular formula is C33H28N2O6. The van der Waals surface area contributed by atoms with Gasteiger partial charge in [-0.25, -0.2) is 9.59 Å². The second-order valence-corrected chi connectivity index (χ2v) is 10.2. The SMILES string of the molecule is NC(=O)CC[C@@H](C(=O)O)N(C(=O)OCC1c2ccccc2-c2ccccc21)C1c2ccccc2Oc2ccccc21. The first kappa shape index (κ1) is 26.1. The lowest BCUT2D eigenvalue weighted by Crippen LogP contribution is -2.49. The number of primary amides is 1. The Morgan fingerprint density at radius 2 is 1.27 bits per heavy atom. The Morgan fingerprint density at radius 1 is 0.780 bits per heavy atom. The summed E-state index contributed by atoms with van der Waals surface area (Å²) in [5.74, 6) is -1.12. The van der Waals surface area contributed by atoms with Crippen LogP contribution in [-0.2, 0) is 14.3 Å². The molecule has 4 aromatic rings. The molecule has 41 heavy (non-hydrogen) atoms. The van der Waals surface area contributed by atoms with Crippen LogP contribution >= 0.6 is 0 Å². The lowest BCUT2D eigenvalue weighted by Gasteiger charge is -2.39. The summed E-state index contributed by atoms with van der Waals surface area (Å²) in [5.41, 5.74) is 10.9. The second kappa shape index (κ2) is 10.8. The number of carbonyl (C=O) groups is 3. The van der Waals surface area contributed by atoms with E-state index >= 15 is 0 Å². The molecule has 8 nitrogen and oxygen atoms in total. The Kier molecular flexibility index (Phi) is 6.89. The van der Waals surface area contributed by atoms with Gasteiger partial charge in [0.25, 0.3) is 0 Å². The molecule has 0 spiro atoms. The van der Waals surface area contributed by atoms with Crippen molar-refractivity contribution in [2.45, 2.75) is 30.8 Å². The monoisotopic (exact) mass is 548 g/mol. The van der Waals surface area contributed by atoms with Gasteiger partial charge >= 0.3 is 12.1 Å². The number of fused-ring (bicyclic) bond motifs is 5. The number of amides is 2. The maximum absolute atomic E-state index is 14.1. The fraction of sp³-hybridized carbons (Fsp3) is 0.182. The van der Waals surface area contributed by atoms with Crippen LogP contribution in [0.5, 0.6) is 11.5 Å². The molecule has 1 atom stereocenters. The highest BCUT2D eigenvalue weighted by molar-refractivity contribution is 5.83. The van der Waals surface area contributed by atoms with Gasteiger partial charge in [-0.2, -0.15) is 0 Å². The van der Waals surface area contributed by atoms with Gasteiger partial charge in [-0.15, -0.1) is 0 Å². The number of para-hydroxylation sites is 2. The first-order valence-corrected chi connectivity index (χ1v) is 13.4. The van der Waals surface area contributed by atoms with Crippen LogP contribution in [0.4, 0.5) is 4.79 Å². The molecule has 2 aliphatic rings. The zero-order chi connectivity index (χ0) is 28.5. The minimum atomic E-state index is -1.39. The number of carboxylic acid groups (broad SMARTS) is 1. The molecule has 0 unspecified atom stereocenters. The Labute approximate surface area is 236 Å². The highest BCUT2D eigenvalue weighted by Crippen LogP contribution is 2.48. The smallest absolute Gasteiger partial charge is 0.411 e. The molecule has 1 aliphatic heterocycles. The number of rotatable bonds is 8. The summed E-state index contributed by atoms with van der Waals surface area (Å²) in [6.07, 6.45) is -1.19. The maximum Gasteiger partial charge on any atom is 0.411 e. The number of hydrogen-bond donors (Lipinski definition) is 2. The summed E-state index contributed by atoms with van der Waals surface area (Å²) in [4.78, 5) is 39.7. The molecule has 0 saturated carbocycles. The maximum atomic E-state index is 14.1. The number of hydrogen-bond acceptors (Lipinski definition) is 5. The third kappa shape index (κ3) is 4.78. The van der Waals surface area contributed by atoms with E-state index in [1.165, 1.54) is 4.90 Å². The topological polar surface area (TPSA) is 119 Å². The molecule has 1 aliphatic carbocycles. The first-order valence-electron chi connectivity index (χ1n) is 13.4. The van der Waals surface area contributed by atoms with Gasteiger partial charge in [-0.1, -0.05) is 84.9 Å². The van der Waals surface area contributed by atoms with Crippen LogP contribution in [-0.4, -0.2) is 40.6 Å². The van der Waals surface area contributed by atoms with Gasteiger partial charge in [-0.3, -0.25) is 9.69 Å². The van der Waals surface area contributed by atoms with Crippen molar-refractivity contribution in [1.82, 2.24) is 4.90 Å². The van der Waals surface area contributed by atoms with Crippen LogP contribution in [0.2, 0.25) is 0 Å². The van der Waals surface area contributed by atoms with E-state index in [0.717, 1.165) is 22.3 Å². The number of carbonyl (C=O) groups excluding carboxylic acids is 2. The number of ether oxygens (including phenoxy) is 2. The zero-order valence-electron chi connectivity index (χ0n) is 22.1. The molecule has 0 bridgehead atoms. The van der Waals surface area contributed by atoms with Crippen molar-refractivity contribution in [2.24, 2.45) is 5.73 Å². The van der Waals surface area contributed by atoms with E-state index in [1.54, 1.807) is 36.4 Å². The van der Waals surface area contributed by atoms with Crippen molar-refractivity contribution in [2.75, 3.05) is 6.61 Å². The third-order valence-electron chi connectivity index (χ3n) is 7.76. The summed E-state index contributed by atoms with van der Waals surface area (Å²) < 4.78 is 12.1. The molecule has 4 aromatic carbocycles. The van der Waals surface area contributed by atoms with Gasteiger partial charge < -0.3 is 20.3 Å². The lowest BCUT2D eigenvalue weighted by molar-refractivity contribution is -0.143. The molecule has 0 radical (unpaired) electrons. The van der Waals surface area contributed by atoms with Gasteiger partial charge in [0, 0.05) is 23.5 Å². The molecule has 0 fully saturated rings. The molecule has 0 aromatic heterocycles. The van der Waals surface area contributed by atoms with Crippen molar-refractivity contribution in [3.63, 3.8) is 0 Å². The number of benzene rings is 4. The molecular weight excluding hydrogens is 520 g/mol. The Bertz CT molecular complexity index is 1560. The molecule has 6 rings (SSSR count). The molecule has 0 saturated heterocycles. The van der Waals surface area contributed by atoms with Gasteiger partial charge in [0.1, 0.15) is 24.1 Å². The molecule has 3 N–H and O–H groups in total. The highest BCUT2D eigenvalue weighted by Gasteiger charge is 2.42. The van der Waals surface area contributed by atoms with Gasteiger partial charge in [0.2, 0.25) is 5.91 Å². The van der Waals surface area contributed by atoms with E-state index in [4.69, 9.17) is 15.2 Å². The molecule has 1 heterocycles. The largest absolute Gasteiger partial charge is 0.480 e. The molecule has 2 amide bonds. The number of carboxylic acids is 1. The van der Waals surface area contributed by atoms with Crippen molar-refractivity contribution in [1.29, 1.82) is 0 Å². The minimum Gasteiger partial charge on any atom is -0.480 e. The van der Waals surface area contributed by atoms with E-state index < -0.39 is 30.1 Å². The number of aliphatic carboxylic acids is 1. The Hall–Kier alpha value is -5.11. The van der Waals surface area contributed by atoms with E-state index in [0.29, 0.717) is 22.6 Å². The summed E-state index contributed by atoms with van der Waals surface area (Å²) in [5, 5.41) is 10.3. The number of nitrogens with zero attached hydrogens (tertiary/aromatic N) is 1. The lowest BCUT2D eigenvalue weighted by atomic mass is 9.91.